The van der Waals surface area contributed by atoms with Crippen molar-refractivity contribution in [2.45, 2.75) is 6.54 Å². The minimum absolute atomic E-state index is 0.0993. The molecular weight excluding hydrogens is 202 g/mol. The highest BCUT2D eigenvalue weighted by Gasteiger charge is 1.97. The van der Waals surface area contributed by atoms with Gasteiger partial charge in [-0.25, -0.2) is 9.48 Å². The Morgan fingerprint density at radius 3 is 2.69 bits per heavy atom. The molecule has 1 heterocycles. The maximum Gasteiger partial charge on any atom is 0.345 e. The fourth-order valence-corrected chi connectivity index (χ4v) is 1.40. The van der Waals surface area contributed by atoms with E-state index in [1.807, 2.05) is 42.5 Å². The highest BCUT2D eigenvalue weighted by molar-refractivity contribution is 5.48. The molecule has 16 heavy (non-hydrogen) atoms. The monoisotopic (exact) mass is 215 g/mol. The summed E-state index contributed by atoms with van der Waals surface area (Å²) in [4.78, 5) is 11.4. The lowest BCUT2D eigenvalue weighted by atomic mass is 10.2. The maximum absolute atomic E-state index is 11.4. The molecule has 0 fully saturated rings. The van der Waals surface area contributed by atoms with E-state index in [0.717, 1.165) is 5.56 Å². The fourth-order valence-electron chi connectivity index (χ4n) is 1.40. The molecule has 0 aliphatic heterocycles. The van der Waals surface area contributed by atoms with Gasteiger partial charge in [-0.15, -0.1) is 0 Å². The molecule has 0 radical (unpaired) electrons. The van der Waals surface area contributed by atoms with Gasteiger partial charge < -0.3 is 0 Å². The van der Waals surface area contributed by atoms with Gasteiger partial charge in [0.25, 0.3) is 0 Å². The van der Waals surface area contributed by atoms with E-state index in [-0.39, 0.29) is 5.69 Å². The van der Waals surface area contributed by atoms with Crippen LogP contribution >= 0.6 is 0 Å². The molecule has 1 aromatic carbocycles. The number of allylic oxidation sites excluding steroid dienone is 1. The van der Waals surface area contributed by atoms with E-state index in [4.69, 9.17) is 0 Å². The zero-order valence-corrected chi connectivity index (χ0v) is 9.08. The third-order valence-electron chi connectivity index (χ3n) is 2.27. The molecule has 0 atom stereocenters. The SMILES string of the molecule is Cn1cnn(C/C=C/c2ccccc2)c1=O. The number of aryl methyl sites for hydroxylation is 1. The molecule has 0 amide bonds. The highest BCUT2D eigenvalue weighted by Crippen LogP contribution is 2.00. The summed E-state index contributed by atoms with van der Waals surface area (Å²) in [5.74, 6) is 0. The summed E-state index contributed by atoms with van der Waals surface area (Å²) in [6.45, 7) is 0.495. The van der Waals surface area contributed by atoms with E-state index >= 15 is 0 Å². The van der Waals surface area contributed by atoms with Gasteiger partial charge >= 0.3 is 5.69 Å². The van der Waals surface area contributed by atoms with Gasteiger partial charge in [-0.1, -0.05) is 42.5 Å². The van der Waals surface area contributed by atoms with Crippen LogP contribution in [0.25, 0.3) is 6.08 Å². The summed E-state index contributed by atoms with van der Waals surface area (Å²) in [5, 5.41) is 3.96. The molecule has 0 saturated heterocycles. The van der Waals surface area contributed by atoms with Crippen LogP contribution < -0.4 is 5.69 Å². The molecule has 2 rings (SSSR count). The third kappa shape index (κ3) is 2.28. The van der Waals surface area contributed by atoms with Crippen molar-refractivity contribution >= 4 is 6.08 Å². The van der Waals surface area contributed by atoms with Gasteiger partial charge in [0, 0.05) is 7.05 Å². The molecule has 0 aliphatic carbocycles. The van der Waals surface area contributed by atoms with Crippen molar-refractivity contribution in [3.63, 3.8) is 0 Å². The van der Waals surface area contributed by atoms with Crippen LogP contribution in [-0.2, 0) is 13.6 Å². The van der Waals surface area contributed by atoms with Crippen molar-refractivity contribution in [3.05, 3.63) is 58.8 Å². The summed E-state index contributed by atoms with van der Waals surface area (Å²) in [6, 6.07) is 9.95. The van der Waals surface area contributed by atoms with Crippen molar-refractivity contribution in [2.75, 3.05) is 0 Å². The standard InChI is InChI=1S/C12H13N3O/c1-14-10-13-15(12(14)16)9-5-8-11-6-3-2-4-7-11/h2-8,10H,9H2,1H3/b8-5+. The first-order chi connectivity index (χ1) is 7.77. The maximum atomic E-state index is 11.4. The Morgan fingerprint density at radius 1 is 1.31 bits per heavy atom. The lowest BCUT2D eigenvalue weighted by Gasteiger charge is -1.93. The first-order valence-corrected chi connectivity index (χ1v) is 5.07. The molecule has 0 saturated carbocycles. The summed E-state index contributed by atoms with van der Waals surface area (Å²) in [5.41, 5.74) is 1.02. The average Bonchev–Trinajstić information content (AvgIpc) is 2.62. The molecule has 0 N–H and O–H groups in total. The fraction of sp³-hybridized carbons (Fsp3) is 0.167. The van der Waals surface area contributed by atoms with Gasteiger partial charge in [0.2, 0.25) is 0 Å². The number of benzene rings is 1. The van der Waals surface area contributed by atoms with E-state index in [0.29, 0.717) is 6.54 Å². The molecule has 0 spiro atoms. The number of aromatic nitrogens is 3. The van der Waals surface area contributed by atoms with Crippen LogP contribution in [-0.4, -0.2) is 14.3 Å². The molecule has 4 heteroatoms. The Hall–Kier alpha value is -2.10. The summed E-state index contributed by atoms with van der Waals surface area (Å²) < 4.78 is 2.87. The van der Waals surface area contributed by atoms with Gasteiger partial charge in [-0.2, -0.15) is 5.10 Å². The average molecular weight is 215 g/mol. The molecule has 0 bridgehead atoms. The zero-order chi connectivity index (χ0) is 11.4. The lowest BCUT2D eigenvalue weighted by Crippen LogP contribution is -2.22. The van der Waals surface area contributed by atoms with Gasteiger partial charge in [0.05, 0.1) is 6.54 Å². The van der Waals surface area contributed by atoms with E-state index in [1.54, 1.807) is 7.05 Å². The first kappa shape index (κ1) is 10.4. The summed E-state index contributed by atoms with van der Waals surface area (Å²) in [6.07, 6.45) is 5.41. The smallest absolute Gasteiger partial charge is 0.285 e. The van der Waals surface area contributed by atoms with Crippen molar-refractivity contribution in [1.29, 1.82) is 0 Å². The predicted molar refractivity (Wildman–Crippen MR) is 62.9 cm³/mol. The summed E-state index contributed by atoms with van der Waals surface area (Å²) in [7, 11) is 1.69. The van der Waals surface area contributed by atoms with Gasteiger partial charge in [0.1, 0.15) is 6.33 Å². The number of rotatable bonds is 3. The van der Waals surface area contributed by atoms with E-state index < -0.39 is 0 Å². The van der Waals surface area contributed by atoms with Crippen molar-refractivity contribution < 1.29 is 0 Å². The Balaban J connectivity index is 2.06. The van der Waals surface area contributed by atoms with Crippen LogP contribution in [0.4, 0.5) is 0 Å². The molecule has 0 unspecified atom stereocenters. The van der Waals surface area contributed by atoms with Gasteiger partial charge in [-0.3, -0.25) is 4.57 Å². The van der Waals surface area contributed by atoms with E-state index in [1.165, 1.54) is 15.6 Å². The quantitative estimate of drug-likeness (QED) is 0.774. The molecule has 1 aromatic heterocycles. The Morgan fingerprint density at radius 2 is 2.06 bits per heavy atom. The second-order valence-electron chi connectivity index (χ2n) is 3.52. The molecule has 82 valence electrons. The van der Waals surface area contributed by atoms with Crippen molar-refractivity contribution in [2.24, 2.45) is 7.05 Å². The predicted octanol–water partition coefficient (Wildman–Crippen LogP) is 1.30. The normalized spacial score (nSPS) is 11.1. The Bertz CT molecular complexity index is 537. The molecule has 4 nitrogen and oxygen atoms in total. The minimum Gasteiger partial charge on any atom is -0.285 e. The third-order valence-corrected chi connectivity index (χ3v) is 2.27. The first-order valence-electron chi connectivity index (χ1n) is 5.07. The topological polar surface area (TPSA) is 39.8 Å². The summed E-state index contributed by atoms with van der Waals surface area (Å²) >= 11 is 0. The molecule has 0 aliphatic rings. The minimum atomic E-state index is -0.0993. The highest BCUT2D eigenvalue weighted by atomic mass is 16.2. The second-order valence-corrected chi connectivity index (χ2v) is 3.52. The van der Waals surface area contributed by atoms with Crippen LogP contribution in [0.3, 0.4) is 0 Å². The Labute approximate surface area is 93.5 Å². The van der Waals surface area contributed by atoms with Gasteiger partial charge in [0.15, 0.2) is 0 Å². The number of nitrogens with zero attached hydrogens (tertiary/aromatic N) is 3. The second kappa shape index (κ2) is 4.61. The molecular formula is C12H13N3O. The van der Waals surface area contributed by atoms with Crippen molar-refractivity contribution in [1.82, 2.24) is 14.3 Å². The Kier molecular flexibility index (Phi) is 3.00. The van der Waals surface area contributed by atoms with Gasteiger partial charge in [-0.05, 0) is 5.56 Å². The number of hydrogen-bond acceptors (Lipinski definition) is 2. The van der Waals surface area contributed by atoms with Crippen LogP contribution in [0.15, 0.2) is 47.5 Å². The van der Waals surface area contributed by atoms with Crippen LogP contribution in [0.1, 0.15) is 5.56 Å². The van der Waals surface area contributed by atoms with E-state index in [2.05, 4.69) is 5.10 Å². The van der Waals surface area contributed by atoms with Crippen molar-refractivity contribution in [3.8, 4) is 0 Å². The largest absolute Gasteiger partial charge is 0.345 e. The lowest BCUT2D eigenvalue weighted by molar-refractivity contribution is 0.660. The van der Waals surface area contributed by atoms with Crippen LogP contribution in [0.5, 0.6) is 0 Å². The number of hydrogen-bond donors (Lipinski definition) is 0. The zero-order valence-electron chi connectivity index (χ0n) is 9.08. The van der Waals surface area contributed by atoms with E-state index in [9.17, 15) is 4.79 Å². The van der Waals surface area contributed by atoms with Crippen LogP contribution in [0.2, 0.25) is 0 Å². The molecule has 2 aromatic rings. The van der Waals surface area contributed by atoms with Crippen LogP contribution in [0, 0.1) is 0 Å².